The summed E-state index contributed by atoms with van der Waals surface area (Å²) in [5, 5.41) is 8.23. The number of anilines is 2. The van der Waals surface area contributed by atoms with Crippen LogP contribution in [-0.4, -0.2) is 49.7 Å². The number of hydrogen-bond acceptors (Lipinski definition) is 6. The van der Waals surface area contributed by atoms with Gasteiger partial charge in [-0.25, -0.2) is 0 Å². The van der Waals surface area contributed by atoms with Crippen molar-refractivity contribution in [1.29, 1.82) is 0 Å². The minimum atomic E-state index is 0.302. The number of rotatable bonds is 5. The van der Waals surface area contributed by atoms with Crippen LogP contribution >= 0.6 is 0 Å². The highest BCUT2D eigenvalue weighted by molar-refractivity contribution is 5.48. The van der Waals surface area contributed by atoms with Crippen LogP contribution < -0.4 is 19.3 Å². The Labute approximate surface area is 123 Å². The molecule has 0 fully saturated rings. The van der Waals surface area contributed by atoms with E-state index in [9.17, 15) is 0 Å². The summed E-state index contributed by atoms with van der Waals surface area (Å²) in [7, 11) is 5.84. The van der Waals surface area contributed by atoms with Gasteiger partial charge in [0.15, 0.2) is 11.5 Å². The van der Waals surface area contributed by atoms with Crippen LogP contribution in [0.15, 0.2) is 18.2 Å². The summed E-state index contributed by atoms with van der Waals surface area (Å²) < 4.78 is 10.9. The second kappa shape index (κ2) is 5.51. The molecule has 21 heavy (non-hydrogen) atoms. The van der Waals surface area contributed by atoms with E-state index in [1.165, 1.54) is 0 Å². The number of para-hydroxylation sites is 1. The SMILES string of the molecule is CN(C)c1nnc(N(C)CCc2cccc3c2OCO3)[nH]1. The molecular weight excluding hydrogens is 270 g/mol. The van der Waals surface area contributed by atoms with Crippen molar-refractivity contribution in [3.05, 3.63) is 23.8 Å². The molecule has 0 amide bonds. The zero-order chi connectivity index (χ0) is 14.8. The molecule has 1 N–H and O–H groups in total. The lowest BCUT2D eigenvalue weighted by Crippen LogP contribution is -2.21. The molecule has 2 heterocycles. The maximum atomic E-state index is 5.52. The molecule has 0 bridgehead atoms. The molecule has 112 valence electrons. The number of H-pyrrole nitrogens is 1. The fourth-order valence-electron chi connectivity index (χ4n) is 2.20. The van der Waals surface area contributed by atoms with E-state index in [0.717, 1.165) is 41.9 Å². The monoisotopic (exact) mass is 289 g/mol. The minimum absolute atomic E-state index is 0.302. The van der Waals surface area contributed by atoms with Crippen LogP contribution in [0.1, 0.15) is 5.56 Å². The number of ether oxygens (including phenoxy) is 2. The van der Waals surface area contributed by atoms with Crippen molar-refractivity contribution in [2.45, 2.75) is 6.42 Å². The van der Waals surface area contributed by atoms with Gasteiger partial charge in [-0.05, 0) is 18.1 Å². The average molecular weight is 289 g/mol. The molecule has 0 unspecified atom stereocenters. The Hall–Kier alpha value is -2.44. The van der Waals surface area contributed by atoms with E-state index in [1.807, 2.05) is 43.1 Å². The molecule has 1 aromatic heterocycles. The lowest BCUT2D eigenvalue weighted by molar-refractivity contribution is 0.173. The molecule has 0 saturated carbocycles. The molecule has 1 aliphatic heterocycles. The Bertz CT molecular complexity index is 626. The Morgan fingerprint density at radius 2 is 1.95 bits per heavy atom. The van der Waals surface area contributed by atoms with E-state index in [-0.39, 0.29) is 0 Å². The molecule has 0 spiro atoms. The second-order valence-electron chi connectivity index (χ2n) is 5.19. The van der Waals surface area contributed by atoms with E-state index in [0.29, 0.717) is 6.79 Å². The van der Waals surface area contributed by atoms with Gasteiger partial charge in [-0.2, -0.15) is 0 Å². The number of likely N-dealkylation sites (N-methyl/N-ethyl adjacent to an activating group) is 1. The lowest BCUT2D eigenvalue weighted by atomic mass is 10.1. The summed E-state index contributed by atoms with van der Waals surface area (Å²) in [4.78, 5) is 7.10. The zero-order valence-electron chi connectivity index (χ0n) is 12.5. The minimum Gasteiger partial charge on any atom is -0.454 e. The van der Waals surface area contributed by atoms with Crippen molar-refractivity contribution in [2.24, 2.45) is 0 Å². The van der Waals surface area contributed by atoms with Gasteiger partial charge in [-0.3, -0.25) is 4.98 Å². The standard InChI is InChI=1S/C14H19N5O2/c1-18(2)13-15-14(17-16-13)19(3)8-7-10-5-4-6-11-12(10)21-9-20-11/h4-6H,7-9H2,1-3H3,(H,15,16,17). The Morgan fingerprint density at radius 1 is 1.14 bits per heavy atom. The van der Waals surface area contributed by atoms with Gasteiger partial charge in [0.1, 0.15) is 0 Å². The number of aromatic nitrogens is 3. The van der Waals surface area contributed by atoms with Gasteiger partial charge in [-0.15, -0.1) is 10.2 Å². The van der Waals surface area contributed by atoms with E-state index >= 15 is 0 Å². The molecule has 0 atom stereocenters. The van der Waals surface area contributed by atoms with Crippen molar-refractivity contribution in [3.8, 4) is 11.5 Å². The molecule has 2 aromatic rings. The number of benzene rings is 1. The number of hydrogen-bond donors (Lipinski definition) is 1. The highest BCUT2D eigenvalue weighted by Crippen LogP contribution is 2.35. The summed E-state index contributed by atoms with van der Waals surface area (Å²) in [6.45, 7) is 1.11. The van der Waals surface area contributed by atoms with Gasteiger partial charge in [-0.1, -0.05) is 12.1 Å². The van der Waals surface area contributed by atoms with E-state index in [4.69, 9.17) is 9.47 Å². The van der Waals surface area contributed by atoms with Crippen LogP contribution in [0, 0.1) is 0 Å². The molecule has 7 nitrogen and oxygen atoms in total. The molecule has 1 aliphatic rings. The van der Waals surface area contributed by atoms with Crippen LogP contribution in [0.25, 0.3) is 0 Å². The first-order valence-corrected chi connectivity index (χ1v) is 6.84. The quantitative estimate of drug-likeness (QED) is 0.894. The third kappa shape index (κ3) is 2.72. The van der Waals surface area contributed by atoms with Crippen molar-refractivity contribution in [2.75, 3.05) is 44.3 Å². The topological polar surface area (TPSA) is 66.5 Å². The van der Waals surface area contributed by atoms with Gasteiger partial charge >= 0.3 is 0 Å². The Morgan fingerprint density at radius 3 is 2.71 bits per heavy atom. The fourth-order valence-corrected chi connectivity index (χ4v) is 2.20. The summed E-state index contributed by atoms with van der Waals surface area (Å²) in [6.07, 6.45) is 0.848. The zero-order valence-corrected chi connectivity index (χ0v) is 12.5. The highest BCUT2D eigenvalue weighted by Gasteiger charge is 2.17. The second-order valence-corrected chi connectivity index (χ2v) is 5.19. The highest BCUT2D eigenvalue weighted by atomic mass is 16.7. The summed E-state index contributed by atoms with van der Waals surface area (Å²) in [5.41, 5.74) is 1.14. The molecule has 0 aliphatic carbocycles. The Balaban J connectivity index is 1.66. The molecular formula is C14H19N5O2. The smallest absolute Gasteiger partial charge is 0.231 e. The van der Waals surface area contributed by atoms with E-state index in [1.54, 1.807) is 0 Å². The number of fused-ring (bicyclic) bond motifs is 1. The van der Waals surface area contributed by atoms with Gasteiger partial charge in [0.25, 0.3) is 0 Å². The molecule has 3 rings (SSSR count). The van der Waals surface area contributed by atoms with Crippen molar-refractivity contribution < 1.29 is 9.47 Å². The molecule has 7 heteroatoms. The van der Waals surface area contributed by atoms with Gasteiger partial charge in [0.2, 0.25) is 18.7 Å². The van der Waals surface area contributed by atoms with Crippen LogP contribution in [0.2, 0.25) is 0 Å². The van der Waals surface area contributed by atoms with Gasteiger partial charge in [0, 0.05) is 27.7 Å². The largest absolute Gasteiger partial charge is 0.454 e. The first kappa shape index (κ1) is 13.5. The third-order valence-electron chi connectivity index (χ3n) is 3.44. The predicted octanol–water partition coefficient (Wildman–Crippen LogP) is 1.28. The summed E-state index contributed by atoms with van der Waals surface area (Å²) in [6, 6.07) is 5.98. The van der Waals surface area contributed by atoms with Gasteiger partial charge < -0.3 is 19.3 Å². The predicted molar refractivity (Wildman–Crippen MR) is 80.2 cm³/mol. The van der Waals surface area contributed by atoms with Crippen molar-refractivity contribution in [3.63, 3.8) is 0 Å². The number of nitrogens with one attached hydrogen (secondary N) is 1. The normalized spacial score (nSPS) is 12.5. The Kier molecular flexibility index (Phi) is 3.55. The van der Waals surface area contributed by atoms with E-state index < -0.39 is 0 Å². The van der Waals surface area contributed by atoms with Crippen molar-refractivity contribution in [1.82, 2.24) is 15.2 Å². The van der Waals surface area contributed by atoms with Crippen LogP contribution in [0.4, 0.5) is 11.9 Å². The lowest BCUT2D eigenvalue weighted by Gasteiger charge is -2.16. The summed E-state index contributed by atoms with van der Waals surface area (Å²) in [5.74, 6) is 3.18. The maximum Gasteiger partial charge on any atom is 0.231 e. The maximum absolute atomic E-state index is 5.52. The van der Waals surface area contributed by atoms with Crippen LogP contribution in [0.3, 0.4) is 0 Å². The van der Waals surface area contributed by atoms with Gasteiger partial charge in [0.05, 0.1) is 0 Å². The third-order valence-corrected chi connectivity index (χ3v) is 3.44. The number of nitrogens with zero attached hydrogens (tertiary/aromatic N) is 4. The average Bonchev–Trinajstić information content (AvgIpc) is 3.13. The molecule has 1 aromatic carbocycles. The first-order chi connectivity index (χ1) is 10.1. The molecule has 0 saturated heterocycles. The van der Waals surface area contributed by atoms with Crippen LogP contribution in [0.5, 0.6) is 11.5 Å². The summed E-state index contributed by atoms with van der Waals surface area (Å²) >= 11 is 0. The number of aromatic amines is 1. The fraction of sp³-hybridized carbons (Fsp3) is 0.429. The first-order valence-electron chi connectivity index (χ1n) is 6.84. The van der Waals surface area contributed by atoms with Crippen molar-refractivity contribution >= 4 is 11.9 Å². The van der Waals surface area contributed by atoms with Crippen LogP contribution in [-0.2, 0) is 6.42 Å². The molecule has 0 radical (unpaired) electrons. The van der Waals surface area contributed by atoms with E-state index in [2.05, 4.69) is 21.2 Å².